The third kappa shape index (κ3) is 5.29. The first-order valence-electron chi connectivity index (χ1n) is 8.06. The molecule has 124 valence electrons. The van der Waals surface area contributed by atoms with Crippen LogP contribution in [0.3, 0.4) is 0 Å². The van der Waals surface area contributed by atoms with Crippen molar-refractivity contribution >= 4 is 0 Å². The molecular formula is C20H27NO2. The summed E-state index contributed by atoms with van der Waals surface area (Å²) in [7, 11) is 1.68. The van der Waals surface area contributed by atoms with Crippen LogP contribution in [0.4, 0.5) is 0 Å². The monoisotopic (exact) mass is 313 g/mol. The Morgan fingerprint density at radius 1 is 0.957 bits per heavy atom. The van der Waals surface area contributed by atoms with Crippen LogP contribution in [0.15, 0.2) is 48.5 Å². The number of hydrogen-bond acceptors (Lipinski definition) is 3. The van der Waals surface area contributed by atoms with Gasteiger partial charge in [-0.2, -0.15) is 0 Å². The van der Waals surface area contributed by atoms with Crippen LogP contribution in [0.25, 0.3) is 0 Å². The van der Waals surface area contributed by atoms with Gasteiger partial charge in [0.1, 0.15) is 18.1 Å². The number of hydrogen-bond donors (Lipinski definition) is 1. The average molecular weight is 313 g/mol. The van der Waals surface area contributed by atoms with E-state index in [0.29, 0.717) is 6.61 Å². The molecule has 3 heteroatoms. The van der Waals surface area contributed by atoms with Gasteiger partial charge in [-0.25, -0.2) is 0 Å². The molecule has 0 aliphatic rings. The Kier molecular flexibility index (Phi) is 6.05. The van der Waals surface area contributed by atoms with Crippen molar-refractivity contribution in [1.82, 2.24) is 5.32 Å². The highest BCUT2D eigenvalue weighted by Gasteiger charge is 2.18. The molecule has 0 bridgehead atoms. The third-order valence-corrected chi connectivity index (χ3v) is 3.72. The Hall–Kier alpha value is -2.00. The Labute approximate surface area is 139 Å². The summed E-state index contributed by atoms with van der Waals surface area (Å²) >= 11 is 0. The fourth-order valence-corrected chi connectivity index (χ4v) is 2.42. The highest BCUT2D eigenvalue weighted by atomic mass is 16.5. The van der Waals surface area contributed by atoms with E-state index in [2.05, 4.69) is 50.4 Å². The average Bonchev–Trinajstić information content (AvgIpc) is 2.54. The summed E-state index contributed by atoms with van der Waals surface area (Å²) < 4.78 is 11.1. The molecule has 0 amide bonds. The summed E-state index contributed by atoms with van der Waals surface area (Å²) in [6, 6.07) is 16.4. The maximum Gasteiger partial charge on any atom is 0.123 e. The fourth-order valence-electron chi connectivity index (χ4n) is 2.42. The van der Waals surface area contributed by atoms with Crippen molar-refractivity contribution in [1.29, 1.82) is 0 Å². The molecule has 0 heterocycles. The highest BCUT2D eigenvalue weighted by molar-refractivity contribution is 5.38. The molecule has 0 unspecified atom stereocenters. The van der Waals surface area contributed by atoms with Crippen LogP contribution in [0.1, 0.15) is 31.9 Å². The second-order valence-electron chi connectivity index (χ2n) is 6.62. The second kappa shape index (κ2) is 8.02. The first-order valence-corrected chi connectivity index (χ1v) is 8.06. The van der Waals surface area contributed by atoms with Crippen LogP contribution >= 0.6 is 0 Å². The number of benzene rings is 2. The lowest BCUT2D eigenvalue weighted by Crippen LogP contribution is -2.21. The molecule has 0 radical (unpaired) electrons. The van der Waals surface area contributed by atoms with Crippen LogP contribution in [-0.4, -0.2) is 20.3 Å². The van der Waals surface area contributed by atoms with Crippen LogP contribution in [0.2, 0.25) is 0 Å². The smallest absolute Gasteiger partial charge is 0.123 e. The molecule has 3 nitrogen and oxygen atoms in total. The molecule has 0 saturated heterocycles. The van der Waals surface area contributed by atoms with Gasteiger partial charge in [-0.15, -0.1) is 0 Å². The molecular weight excluding hydrogens is 286 g/mol. The van der Waals surface area contributed by atoms with Gasteiger partial charge in [-0.05, 0) is 34.7 Å². The molecule has 0 fully saturated rings. The molecule has 23 heavy (non-hydrogen) atoms. The molecule has 2 rings (SSSR count). The molecule has 2 aromatic carbocycles. The van der Waals surface area contributed by atoms with E-state index in [9.17, 15) is 0 Å². The molecule has 0 spiro atoms. The van der Waals surface area contributed by atoms with Crippen LogP contribution in [0.5, 0.6) is 11.5 Å². The lowest BCUT2D eigenvalue weighted by molar-refractivity contribution is 0.305. The van der Waals surface area contributed by atoms with Crippen molar-refractivity contribution in [2.24, 2.45) is 0 Å². The summed E-state index contributed by atoms with van der Waals surface area (Å²) in [5, 5.41) is 3.40. The lowest BCUT2D eigenvalue weighted by Gasteiger charge is -2.22. The van der Waals surface area contributed by atoms with Gasteiger partial charge >= 0.3 is 0 Å². The predicted molar refractivity (Wildman–Crippen MR) is 95.3 cm³/mol. The molecule has 0 aromatic heterocycles. The molecule has 0 saturated carbocycles. The third-order valence-electron chi connectivity index (χ3n) is 3.72. The van der Waals surface area contributed by atoms with E-state index in [-0.39, 0.29) is 5.41 Å². The van der Waals surface area contributed by atoms with Crippen molar-refractivity contribution in [2.75, 3.05) is 20.3 Å². The summed E-state index contributed by atoms with van der Waals surface area (Å²) in [5.41, 5.74) is 2.57. The van der Waals surface area contributed by atoms with Gasteiger partial charge in [0.15, 0.2) is 0 Å². The van der Waals surface area contributed by atoms with Crippen molar-refractivity contribution in [3.63, 3.8) is 0 Å². The van der Waals surface area contributed by atoms with Crippen molar-refractivity contribution in [2.45, 2.75) is 32.7 Å². The SMILES string of the molecule is COc1ccc(CNCCOc2ccccc2C(C)(C)C)cc1. The van der Waals surface area contributed by atoms with E-state index >= 15 is 0 Å². The topological polar surface area (TPSA) is 30.5 Å². The maximum atomic E-state index is 5.96. The standard InChI is InChI=1S/C20H27NO2/c1-20(2,3)18-7-5-6-8-19(18)23-14-13-21-15-16-9-11-17(22-4)12-10-16/h5-12,21H,13-15H2,1-4H3. The van der Waals surface area contributed by atoms with Gasteiger partial charge in [0, 0.05) is 13.1 Å². The normalized spacial score (nSPS) is 11.3. The minimum Gasteiger partial charge on any atom is -0.497 e. The Morgan fingerprint density at radius 2 is 1.65 bits per heavy atom. The van der Waals surface area contributed by atoms with E-state index < -0.39 is 0 Å². The summed E-state index contributed by atoms with van der Waals surface area (Å²) in [4.78, 5) is 0. The lowest BCUT2D eigenvalue weighted by atomic mass is 9.86. The number of methoxy groups -OCH3 is 1. The molecule has 1 N–H and O–H groups in total. The Morgan fingerprint density at radius 3 is 2.30 bits per heavy atom. The molecule has 0 atom stereocenters. The quantitative estimate of drug-likeness (QED) is 0.779. The van der Waals surface area contributed by atoms with Crippen LogP contribution in [0, 0.1) is 0 Å². The van der Waals surface area contributed by atoms with Crippen molar-refractivity contribution < 1.29 is 9.47 Å². The molecule has 0 aliphatic heterocycles. The fraction of sp³-hybridized carbons (Fsp3) is 0.400. The van der Waals surface area contributed by atoms with Gasteiger partial charge < -0.3 is 14.8 Å². The zero-order valence-electron chi connectivity index (χ0n) is 14.6. The first kappa shape index (κ1) is 17.4. The van der Waals surface area contributed by atoms with Gasteiger partial charge in [-0.1, -0.05) is 51.1 Å². The van der Waals surface area contributed by atoms with Gasteiger partial charge in [0.25, 0.3) is 0 Å². The van der Waals surface area contributed by atoms with E-state index in [1.807, 2.05) is 24.3 Å². The van der Waals surface area contributed by atoms with Gasteiger partial charge in [0.2, 0.25) is 0 Å². The number of ether oxygens (including phenoxy) is 2. The summed E-state index contributed by atoms with van der Waals surface area (Å²) in [6.45, 7) is 8.91. The van der Waals surface area contributed by atoms with Gasteiger partial charge in [0.05, 0.1) is 7.11 Å². The zero-order valence-corrected chi connectivity index (χ0v) is 14.6. The van der Waals surface area contributed by atoms with Gasteiger partial charge in [-0.3, -0.25) is 0 Å². The van der Waals surface area contributed by atoms with E-state index in [1.165, 1.54) is 11.1 Å². The van der Waals surface area contributed by atoms with E-state index in [4.69, 9.17) is 9.47 Å². The largest absolute Gasteiger partial charge is 0.497 e. The predicted octanol–water partition coefficient (Wildman–Crippen LogP) is 4.16. The van der Waals surface area contributed by atoms with Crippen LogP contribution in [-0.2, 0) is 12.0 Å². The summed E-state index contributed by atoms with van der Waals surface area (Å²) in [6.07, 6.45) is 0. The molecule has 0 aliphatic carbocycles. The van der Waals surface area contributed by atoms with Crippen LogP contribution < -0.4 is 14.8 Å². The maximum absolute atomic E-state index is 5.96. The van der Waals surface area contributed by atoms with Crippen molar-refractivity contribution in [3.05, 3.63) is 59.7 Å². The zero-order chi connectivity index (χ0) is 16.7. The Bertz CT molecular complexity index is 600. The van der Waals surface area contributed by atoms with Crippen molar-refractivity contribution in [3.8, 4) is 11.5 Å². The number of nitrogens with one attached hydrogen (secondary N) is 1. The number of para-hydroxylation sites is 1. The first-order chi connectivity index (χ1) is 11.0. The summed E-state index contributed by atoms with van der Waals surface area (Å²) in [5.74, 6) is 1.86. The van der Waals surface area contributed by atoms with E-state index in [0.717, 1.165) is 24.6 Å². The molecule has 2 aromatic rings. The number of rotatable bonds is 7. The minimum absolute atomic E-state index is 0.0904. The second-order valence-corrected chi connectivity index (χ2v) is 6.62. The highest BCUT2D eigenvalue weighted by Crippen LogP contribution is 2.30. The minimum atomic E-state index is 0.0904. The van der Waals surface area contributed by atoms with E-state index in [1.54, 1.807) is 7.11 Å². The Balaban J connectivity index is 1.77.